The van der Waals surface area contributed by atoms with Gasteiger partial charge in [0.1, 0.15) is 27.6 Å². The summed E-state index contributed by atoms with van der Waals surface area (Å²) in [6, 6.07) is 0. The van der Waals surface area contributed by atoms with E-state index in [1.165, 1.54) is 17.7 Å². The number of ether oxygens (including phenoxy) is 1. The summed E-state index contributed by atoms with van der Waals surface area (Å²) >= 11 is 7.06. The van der Waals surface area contributed by atoms with Gasteiger partial charge in [-0.15, -0.1) is 11.3 Å². The fraction of sp³-hybridized carbons (Fsp3) is 0.222. The average molecular weight is 258 g/mol. The maximum Gasteiger partial charge on any atom is 0.343 e. The number of nitrogens with zero attached hydrogens (tertiary/aromatic N) is 2. The molecule has 7 heteroatoms. The molecule has 2 aromatic heterocycles. The van der Waals surface area contributed by atoms with E-state index in [1.807, 2.05) is 0 Å². The summed E-state index contributed by atoms with van der Waals surface area (Å²) in [5.41, 5.74) is 6.46. The highest BCUT2D eigenvalue weighted by Crippen LogP contribution is 2.35. The van der Waals surface area contributed by atoms with E-state index in [0.717, 1.165) is 0 Å². The normalized spacial score (nSPS) is 10.6. The second-order valence-electron chi connectivity index (χ2n) is 2.90. The highest BCUT2D eigenvalue weighted by molar-refractivity contribution is 7.23. The Balaban J connectivity index is 2.65. The van der Waals surface area contributed by atoms with Crippen LogP contribution in [0.2, 0.25) is 5.15 Å². The van der Waals surface area contributed by atoms with E-state index < -0.39 is 5.97 Å². The zero-order valence-electron chi connectivity index (χ0n) is 8.36. The van der Waals surface area contributed by atoms with Gasteiger partial charge in [0.05, 0.1) is 11.3 Å². The molecule has 0 radical (unpaired) electrons. The number of aromatic nitrogens is 2. The van der Waals surface area contributed by atoms with Gasteiger partial charge in [-0.25, -0.2) is 14.8 Å². The van der Waals surface area contributed by atoms with Crippen molar-refractivity contribution in [3.8, 4) is 0 Å². The number of anilines is 1. The molecule has 0 unspecified atom stereocenters. The first kappa shape index (κ1) is 11.1. The number of rotatable bonds is 2. The second-order valence-corrected chi connectivity index (χ2v) is 4.31. The van der Waals surface area contributed by atoms with Crippen LogP contribution >= 0.6 is 22.9 Å². The van der Waals surface area contributed by atoms with E-state index in [9.17, 15) is 4.79 Å². The molecular weight excluding hydrogens is 250 g/mol. The molecule has 2 N–H and O–H groups in total. The molecular formula is C9H8ClN3O2S. The molecule has 2 aromatic rings. The quantitative estimate of drug-likeness (QED) is 0.658. The summed E-state index contributed by atoms with van der Waals surface area (Å²) in [5, 5.41) is 0.632. The monoisotopic (exact) mass is 257 g/mol. The number of nitrogens with two attached hydrogens (primary N) is 1. The Morgan fingerprint density at radius 2 is 2.38 bits per heavy atom. The Kier molecular flexibility index (Phi) is 2.93. The van der Waals surface area contributed by atoms with Crippen LogP contribution in [0.4, 0.5) is 5.00 Å². The standard InChI is InChI=1S/C9H8ClN3O2S/c1-2-15-9(14)4-5-6(16-8(4)11)7(10)13-3-12-5/h3H,2,11H2,1H3. The zero-order chi connectivity index (χ0) is 11.7. The van der Waals surface area contributed by atoms with Crippen LogP contribution in [0.1, 0.15) is 17.3 Å². The molecule has 0 atom stereocenters. The lowest BCUT2D eigenvalue weighted by atomic mass is 10.2. The molecule has 0 aromatic carbocycles. The van der Waals surface area contributed by atoms with Crippen LogP contribution in [0.15, 0.2) is 6.33 Å². The fourth-order valence-electron chi connectivity index (χ4n) is 1.30. The Bertz CT molecular complexity index is 555. The minimum Gasteiger partial charge on any atom is -0.462 e. The van der Waals surface area contributed by atoms with E-state index in [0.29, 0.717) is 15.2 Å². The van der Waals surface area contributed by atoms with Crippen molar-refractivity contribution < 1.29 is 9.53 Å². The van der Waals surface area contributed by atoms with E-state index in [1.54, 1.807) is 6.92 Å². The first-order chi connectivity index (χ1) is 7.65. The highest BCUT2D eigenvalue weighted by Gasteiger charge is 2.21. The van der Waals surface area contributed by atoms with Gasteiger partial charge >= 0.3 is 5.97 Å². The van der Waals surface area contributed by atoms with Crippen LogP contribution in [-0.4, -0.2) is 22.5 Å². The first-order valence-electron chi connectivity index (χ1n) is 4.50. The average Bonchev–Trinajstić information content (AvgIpc) is 2.56. The summed E-state index contributed by atoms with van der Waals surface area (Å²) in [7, 11) is 0. The van der Waals surface area contributed by atoms with Gasteiger partial charge in [0.25, 0.3) is 0 Å². The zero-order valence-corrected chi connectivity index (χ0v) is 9.93. The van der Waals surface area contributed by atoms with Crippen LogP contribution in [0.25, 0.3) is 10.2 Å². The van der Waals surface area contributed by atoms with Crippen LogP contribution in [-0.2, 0) is 4.74 Å². The minimum absolute atomic E-state index is 0.270. The van der Waals surface area contributed by atoms with Gasteiger partial charge in [-0.05, 0) is 6.92 Å². The molecule has 0 spiro atoms. The molecule has 84 valence electrons. The summed E-state index contributed by atoms with van der Waals surface area (Å²) in [6.07, 6.45) is 1.29. The van der Waals surface area contributed by atoms with E-state index in [4.69, 9.17) is 22.1 Å². The Hall–Kier alpha value is -1.40. The lowest BCUT2D eigenvalue weighted by Gasteiger charge is -2.00. The third-order valence-electron chi connectivity index (χ3n) is 1.94. The second kappa shape index (κ2) is 4.23. The van der Waals surface area contributed by atoms with Gasteiger partial charge in [-0.3, -0.25) is 0 Å². The number of carbonyl (C=O) groups is 1. The maximum absolute atomic E-state index is 11.7. The smallest absolute Gasteiger partial charge is 0.343 e. The summed E-state index contributed by atoms with van der Waals surface area (Å²) in [6.45, 7) is 2.01. The van der Waals surface area contributed by atoms with E-state index in [-0.39, 0.29) is 17.3 Å². The molecule has 0 amide bonds. The predicted octanol–water partition coefficient (Wildman–Crippen LogP) is 2.10. The third kappa shape index (κ3) is 1.70. The lowest BCUT2D eigenvalue weighted by Crippen LogP contribution is -2.06. The molecule has 0 aliphatic carbocycles. The SMILES string of the molecule is CCOC(=O)c1c(N)sc2c(Cl)ncnc12. The van der Waals surface area contributed by atoms with Gasteiger partial charge in [-0.1, -0.05) is 11.6 Å². The third-order valence-corrected chi connectivity index (χ3v) is 3.35. The van der Waals surface area contributed by atoms with E-state index >= 15 is 0 Å². The van der Waals surface area contributed by atoms with Gasteiger partial charge in [0.15, 0.2) is 0 Å². The molecule has 5 nitrogen and oxygen atoms in total. The Morgan fingerprint density at radius 3 is 3.06 bits per heavy atom. The summed E-state index contributed by atoms with van der Waals surface area (Å²) in [5.74, 6) is -0.485. The predicted molar refractivity (Wildman–Crippen MR) is 62.8 cm³/mol. The number of thiophene rings is 1. The molecule has 0 bridgehead atoms. The highest BCUT2D eigenvalue weighted by atomic mass is 35.5. The van der Waals surface area contributed by atoms with Crippen molar-refractivity contribution in [2.75, 3.05) is 12.3 Å². The molecule has 0 saturated carbocycles. The number of fused-ring (bicyclic) bond motifs is 1. The number of esters is 1. The van der Waals surface area contributed by atoms with Crippen LogP contribution < -0.4 is 5.73 Å². The van der Waals surface area contributed by atoms with Crippen LogP contribution in [0, 0.1) is 0 Å². The molecule has 0 fully saturated rings. The van der Waals surface area contributed by atoms with Crippen LogP contribution in [0.5, 0.6) is 0 Å². The summed E-state index contributed by atoms with van der Waals surface area (Å²) in [4.78, 5) is 19.5. The fourth-order valence-corrected chi connectivity index (χ4v) is 2.44. The maximum atomic E-state index is 11.7. The molecule has 0 aliphatic heterocycles. The number of carbonyl (C=O) groups excluding carboxylic acids is 1. The topological polar surface area (TPSA) is 78.1 Å². The lowest BCUT2D eigenvalue weighted by molar-refractivity contribution is 0.0530. The number of hydrogen-bond donors (Lipinski definition) is 1. The molecule has 0 aliphatic rings. The van der Waals surface area contributed by atoms with Gasteiger partial charge in [0.2, 0.25) is 0 Å². The van der Waals surface area contributed by atoms with Crippen LogP contribution in [0.3, 0.4) is 0 Å². The number of hydrogen-bond acceptors (Lipinski definition) is 6. The van der Waals surface area contributed by atoms with Crippen molar-refractivity contribution >= 4 is 44.1 Å². The van der Waals surface area contributed by atoms with Crippen molar-refractivity contribution in [1.29, 1.82) is 0 Å². The minimum atomic E-state index is -0.485. The van der Waals surface area contributed by atoms with Crippen molar-refractivity contribution in [3.63, 3.8) is 0 Å². The summed E-state index contributed by atoms with van der Waals surface area (Å²) < 4.78 is 5.50. The molecule has 16 heavy (non-hydrogen) atoms. The van der Waals surface area contributed by atoms with Crippen molar-refractivity contribution in [1.82, 2.24) is 9.97 Å². The molecule has 2 rings (SSSR count). The van der Waals surface area contributed by atoms with Crippen molar-refractivity contribution in [3.05, 3.63) is 17.0 Å². The first-order valence-corrected chi connectivity index (χ1v) is 5.70. The van der Waals surface area contributed by atoms with Gasteiger partial charge < -0.3 is 10.5 Å². The number of nitrogen functional groups attached to an aromatic ring is 1. The largest absolute Gasteiger partial charge is 0.462 e. The number of halogens is 1. The van der Waals surface area contributed by atoms with Gasteiger partial charge in [-0.2, -0.15) is 0 Å². The Labute approximate surface area is 100 Å². The Morgan fingerprint density at radius 1 is 1.62 bits per heavy atom. The molecule has 0 saturated heterocycles. The van der Waals surface area contributed by atoms with Crippen molar-refractivity contribution in [2.45, 2.75) is 6.92 Å². The van der Waals surface area contributed by atoms with E-state index in [2.05, 4.69) is 9.97 Å². The van der Waals surface area contributed by atoms with Gasteiger partial charge in [0, 0.05) is 0 Å². The molecule has 2 heterocycles. The van der Waals surface area contributed by atoms with Crippen molar-refractivity contribution in [2.24, 2.45) is 0 Å².